The number of aromatic nitrogens is 1. The molecule has 3 aromatic rings. The van der Waals surface area contributed by atoms with Crippen molar-refractivity contribution in [3.8, 4) is 0 Å². The molecule has 6 heteroatoms. The van der Waals surface area contributed by atoms with Crippen LogP contribution in [0.4, 0.5) is 5.69 Å². The highest BCUT2D eigenvalue weighted by molar-refractivity contribution is 9.10. The van der Waals surface area contributed by atoms with E-state index in [9.17, 15) is 4.79 Å². The van der Waals surface area contributed by atoms with Crippen LogP contribution < -0.4 is 4.90 Å². The Hall–Kier alpha value is -1.89. The van der Waals surface area contributed by atoms with Crippen molar-refractivity contribution < 1.29 is 4.79 Å². The largest absolute Gasteiger partial charge is 0.350 e. The molecule has 2 aromatic carbocycles. The maximum Gasteiger partial charge on any atom is 0.270 e. The molecule has 1 aromatic heterocycles. The minimum Gasteiger partial charge on any atom is -0.350 e. The maximum atomic E-state index is 12.9. The zero-order valence-corrected chi connectivity index (χ0v) is 16.5. The molecule has 124 valence electrons. The third-order valence-electron chi connectivity index (χ3n) is 4.10. The van der Waals surface area contributed by atoms with Gasteiger partial charge in [0.15, 0.2) is 4.32 Å². The van der Waals surface area contributed by atoms with Crippen molar-refractivity contribution in [2.24, 2.45) is 7.05 Å². The zero-order chi connectivity index (χ0) is 17.6. The Bertz CT molecular complexity index is 1050. The summed E-state index contributed by atoms with van der Waals surface area (Å²) in [6, 6.07) is 15.8. The summed E-state index contributed by atoms with van der Waals surface area (Å²) in [6.45, 7) is 0. The number of rotatable bonds is 2. The van der Waals surface area contributed by atoms with E-state index in [0.717, 1.165) is 26.6 Å². The number of aryl methyl sites for hydroxylation is 1. The molecule has 4 rings (SSSR count). The minimum absolute atomic E-state index is 0.0881. The van der Waals surface area contributed by atoms with Gasteiger partial charge in [0.1, 0.15) is 0 Å². The first-order chi connectivity index (χ1) is 12.1. The second kappa shape index (κ2) is 6.44. The number of anilines is 1. The second-order valence-electron chi connectivity index (χ2n) is 5.68. The number of para-hydroxylation sites is 2. The van der Waals surface area contributed by atoms with E-state index in [2.05, 4.69) is 32.6 Å². The number of amides is 1. The van der Waals surface area contributed by atoms with Crippen LogP contribution in [-0.4, -0.2) is 14.8 Å². The summed E-state index contributed by atoms with van der Waals surface area (Å²) in [7, 11) is 2.01. The standard InChI is InChI=1S/C19H13BrN2OS2/c1-21-11-12(13-6-2-4-8-15(13)21)10-17-18(23)22(19(24)25-17)16-9-5-3-7-14(16)20/h2-11H,1H3/b17-10-. The zero-order valence-electron chi connectivity index (χ0n) is 13.3. The van der Waals surface area contributed by atoms with Crippen LogP contribution in [0.1, 0.15) is 5.56 Å². The fourth-order valence-corrected chi connectivity index (χ4v) is 4.68. The number of hydrogen-bond donors (Lipinski definition) is 0. The number of carbonyl (C=O) groups excluding carboxylic acids is 1. The first-order valence-electron chi connectivity index (χ1n) is 7.63. The van der Waals surface area contributed by atoms with Crippen LogP contribution in [0, 0.1) is 0 Å². The summed E-state index contributed by atoms with van der Waals surface area (Å²) < 4.78 is 3.46. The van der Waals surface area contributed by atoms with Crippen LogP contribution in [0.5, 0.6) is 0 Å². The molecule has 0 radical (unpaired) electrons. The molecule has 0 aliphatic carbocycles. The number of fused-ring (bicyclic) bond motifs is 1. The van der Waals surface area contributed by atoms with E-state index in [0.29, 0.717) is 9.23 Å². The lowest BCUT2D eigenvalue weighted by atomic mass is 10.1. The minimum atomic E-state index is -0.0881. The van der Waals surface area contributed by atoms with E-state index in [1.54, 1.807) is 4.90 Å². The highest BCUT2D eigenvalue weighted by Gasteiger charge is 2.34. The molecule has 0 spiro atoms. The monoisotopic (exact) mass is 428 g/mol. The average molecular weight is 429 g/mol. The Labute approximate surface area is 163 Å². The van der Waals surface area contributed by atoms with E-state index in [4.69, 9.17) is 12.2 Å². The van der Waals surface area contributed by atoms with Gasteiger partial charge in [0.2, 0.25) is 0 Å². The lowest BCUT2D eigenvalue weighted by molar-refractivity contribution is -0.113. The van der Waals surface area contributed by atoms with Crippen molar-refractivity contribution in [3.63, 3.8) is 0 Å². The molecule has 0 saturated carbocycles. The van der Waals surface area contributed by atoms with E-state index >= 15 is 0 Å². The molecule has 1 aliphatic heterocycles. The summed E-state index contributed by atoms with van der Waals surface area (Å²) >= 11 is 10.3. The van der Waals surface area contributed by atoms with Gasteiger partial charge in [0, 0.05) is 34.2 Å². The quantitative estimate of drug-likeness (QED) is 0.406. The number of nitrogens with zero attached hydrogens (tertiary/aromatic N) is 2. The van der Waals surface area contributed by atoms with Crippen molar-refractivity contribution in [3.05, 3.63) is 69.7 Å². The number of benzene rings is 2. The van der Waals surface area contributed by atoms with Crippen molar-refractivity contribution in [1.82, 2.24) is 4.57 Å². The third-order valence-corrected chi connectivity index (χ3v) is 6.07. The summed E-state index contributed by atoms with van der Waals surface area (Å²) in [5.41, 5.74) is 2.92. The van der Waals surface area contributed by atoms with Crippen LogP contribution >= 0.6 is 39.9 Å². The van der Waals surface area contributed by atoms with Gasteiger partial charge in [-0.15, -0.1) is 0 Å². The number of halogens is 1. The van der Waals surface area contributed by atoms with Crippen molar-refractivity contribution >= 4 is 72.8 Å². The summed E-state index contributed by atoms with van der Waals surface area (Å²) in [4.78, 5) is 15.2. The first-order valence-corrected chi connectivity index (χ1v) is 9.64. The van der Waals surface area contributed by atoms with Gasteiger partial charge in [-0.2, -0.15) is 0 Å². The molecule has 2 heterocycles. The predicted molar refractivity (Wildman–Crippen MR) is 113 cm³/mol. The Morgan fingerprint density at radius 2 is 1.84 bits per heavy atom. The van der Waals surface area contributed by atoms with Crippen molar-refractivity contribution in [2.45, 2.75) is 0 Å². The first kappa shape index (κ1) is 16.6. The van der Waals surface area contributed by atoms with E-state index in [-0.39, 0.29) is 5.91 Å². The Kier molecular flexibility index (Phi) is 4.27. The average Bonchev–Trinajstić information content (AvgIpc) is 3.06. The molecular formula is C19H13BrN2OS2. The molecule has 0 atom stereocenters. The van der Waals surface area contributed by atoms with Gasteiger partial charge in [0.25, 0.3) is 5.91 Å². The van der Waals surface area contributed by atoms with Gasteiger partial charge in [-0.05, 0) is 40.2 Å². The van der Waals surface area contributed by atoms with E-state index in [1.165, 1.54) is 11.8 Å². The van der Waals surface area contributed by atoms with Gasteiger partial charge in [-0.3, -0.25) is 9.69 Å². The molecule has 1 amide bonds. The van der Waals surface area contributed by atoms with Gasteiger partial charge in [-0.25, -0.2) is 0 Å². The molecule has 1 fully saturated rings. The molecule has 25 heavy (non-hydrogen) atoms. The lowest BCUT2D eigenvalue weighted by Gasteiger charge is -2.15. The fraction of sp³-hybridized carbons (Fsp3) is 0.0526. The molecule has 0 bridgehead atoms. The Morgan fingerprint density at radius 3 is 2.64 bits per heavy atom. The van der Waals surface area contributed by atoms with E-state index < -0.39 is 0 Å². The molecule has 3 nitrogen and oxygen atoms in total. The number of carbonyl (C=O) groups is 1. The number of thiocarbonyl (C=S) groups is 1. The van der Waals surface area contributed by atoms with Crippen molar-refractivity contribution in [2.75, 3.05) is 4.90 Å². The summed E-state index contributed by atoms with van der Waals surface area (Å²) in [5, 5.41) is 1.12. The van der Waals surface area contributed by atoms with Crippen LogP contribution in [0.3, 0.4) is 0 Å². The summed E-state index contributed by atoms with van der Waals surface area (Å²) in [5.74, 6) is -0.0881. The second-order valence-corrected chi connectivity index (χ2v) is 8.21. The molecule has 1 aliphatic rings. The topological polar surface area (TPSA) is 25.2 Å². The van der Waals surface area contributed by atoms with Gasteiger partial charge >= 0.3 is 0 Å². The SMILES string of the molecule is Cn1cc(/C=C2\SC(=S)N(c3ccccc3Br)C2=O)c2ccccc21. The molecular weight excluding hydrogens is 416 g/mol. The normalized spacial score (nSPS) is 16.4. The predicted octanol–water partition coefficient (Wildman–Crippen LogP) is 5.35. The Balaban J connectivity index is 1.77. The van der Waals surface area contributed by atoms with Gasteiger partial charge < -0.3 is 4.57 Å². The van der Waals surface area contributed by atoms with E-state index in [1.807, 2.05) is 55.7 Å². The lowest BCUT2D eigenvalue weighted by Crippen LogP contribution is -2.27. The maximum absolute atomic E-state index is 12.9. The van der Waals surface area contributed by atoms with Gasteiger partial charge in [-0.1, -0.05) is 54.3 Å². The third kappa shape index (κ3) is 2.84. The smallest absolute Gasteiger partial charge is 0.270 e. The fourth-order valence-electron chi connectivity index (χ4n) is 2.94. The van der Waals surface area contributed by atoms with Crippen LogP contribution in [0.2, 0.25) is 0 Å². The van der Waals surface area contributed by atoms with Crippen LogP contribution in [-0.2, 0) is 11.8 Å². The number of hydrogen-bond acceptors (Lipinski definition) is 3. The van der Waals surface area contributed by atoms with Gasteiger partial charge in [0.05, 0.1) is 10.6 Å². The highest BCUT2D eigenvalue weighted by Crippen LogP contribution is 2.39. The molecule has 0 N–H and O–H groups in total. The molecule has 0 unspecified atom stereocenters. The van der Waals surface area contributed by atoms with Crippen LogP contribution in [0.25, 0.3) is 17.0 Å². The highest BCUT2D eigenvalue weighted by atomic mass is 79.9. The number of thioether (sulfide) groups is 1. The molecule has 1 saturated heterocycles. The van der Waals surface area contributed by atoms with Crippen LogP contribution in [0.15, 0.2) is 64.1 Å². The Morgan fingerprint density at radius 1 is 1.12 bits per heavy atom. The van der Waals surface area contributed by atoms with Crippen molar-refractivity contribution in [1.29, 1.82) is 0 Å². The summed E-state index contributed by atoms with van der Waals surface area (Å²) in [6.07, 6.45) is 3.97.